The lowest BCUT2D eigenvalue weighted by Crippen LogP contribution is -2.22. The van der Waals surface area contributed by atoms with Crippen molar-refractivity contribution in [2.45, 2.75) is 26.7 Å². The number of carbonyl (C=O) groups is 2. The van der Waals surface area contributed by atoms with Crippen molar-refractivity contribution in [3.63, 3.8) is 0 Å². The Morgan fingerprint density at radius 1 is 1.21 bits per heavy atom. The maximum Gasteiger partial charge on any atom is 0.306 e. The first-order valence-electron chi connectivity index (χ1n) is 8.89. The molecule has 1 amide bonds. The number of rotatable bonds is 7. The topological polar surface area (TPSA) is 125 Å². The van der Waals surface area contributed by atoms with Crippen molar-refractivity contribution < 1.29 is 23.7 Å². The highest BCUT2D eigenvalue weighted by Crippen LogP contribution is 2.30. The standard InChI is InChI=1S/C20H19N3O6/c1-12-7-8-15(23(26)27)20(13(12)2)22-17(24)11-28-19(25)10-9-18-21-14-5-3-4-6-16(14)29-18/h3-8H,9-11H2,1-2H3,(H,22,24). The van der Waals surface area contributed by atoms with Crippen LogP contribution in [0.15, 0.2) is 40.8 Å². The van der Waals surface area contributed by atoms with Crippen molar-refractivity contribution in [3.05, 3.63) is 63.5 Å². The predicted octanol–water partition coefficient (Wildman–Crippen LogP) is 3.47. The molecule has 2 aromatic carbocycles. The fraction of sp³-hybridized carbons (Fsp3) is 0.250. The molecule has 0 saturated carbocycles. The summed E-state index contributed by atoms with van der Waals surface area (Å²) >= 11 is 0. The van der Waals surface area contributed by atoms with Crippen molar-refractivity contribution in [1.29, 1.82) is 0 Å². The van der Waals surface area contributed by atoms with E-state index in [0.29, 0.717) is 22.6 Å². The van der Waals surface area contributed by atoms with Crippen LogP contribution in [0.2, 0.25) is 0 Å². The smallest absolute Gasteiger partial charge is 0.306 e. The number of hydrogen-bond donors (Lipinski definition) is 1. The van der Waals surface area contributed by atoms with E-state index < -0.39 is 23.4 Å². The van der Waals surface area contributed by atoms with E-state index in [2.05, 4.69) is 10.3 Å². The summed E-state index contributed by atoms with van der Waals surface area (Å²) in [5.74, 6) is -0.853. The molecule has 9 nitrogen and oxygen atoms in total. The lowest BCUT2D eigenvalue weighted by atomic mass is 10.1. The highest BCUT2D eigenvalue weighted by atomic mass is 16.6. The van der Waals surface area contributed by atoms with Gasteiger partial charge in [0.2, 0.25) is 0 Å². The van der Waals surface area contributed by atoms with E-state index in [4.69, 9.17) is 9.15 Å². The average molecular weight is 397 g/mol. The molecule has 0 atom stereocenters. The number of nitro groups is 1. The number of hydrogen-bond acceptors (Lipinski definition) is 7. The molecule has 0 aliphatic carbocycles. The van der Waals surface area contributed by atoms with Gasteiger partial charge >= 0.3 is 5.97 Å². The van der Waals surface area contributed by atoms with E-state index >= 15 is 0 Å². The summed E-state index contributed by atoms with van der Waals surface area (Å²) < 4.78 is 10.5. The number of ether oxygens (including phenoxy) is 1. The molecule has 9 heteroatoms. The monoisotopic (exact) mass is 397 g/mol. The molecule has 1 N–H and O–H groups in total. The van der Waals surface area contributed by atoms with Gasteiger partial charge in [0, 0.05) is 12.5 Å². The van der Waals surface area contributed by atoms with Crippen LogP contribution < -0.4 is 5.32 Å². The fourth-order valence-corrected chi connectivity index (χ4v) is 2.74. The van der Waals surface area contributed by atoms with Gasteiger partial charge in [0.1, 0.15) is 11.2 Å². The summed E-state index contributed by atoms with van der Waals surface area (Å²) in [6.45, 7) is 2.90. The first-order valence-corrected chi connectivity index (χ1v) is 8.89. The third kappa shape index (κ3) is 4.75. The zero-order valence-electron chi connectivity index (χ0n) is 15.9. The zero-order chi connectivity index (χ0) is 21.0. The van der Waals surface area contributed by atoms with Gasteiger partial charge in [0.25, 0.3) is 11.6 Å². The van der Waals surface area contributed by atoms with Crippen molar-refractivity contribution in [1.82, 2.24) is 4.98 Å². The van der Waals surface area contributed by atoms with Crippen LogP contribution in [0, 0.1) is 24.0 Å². The van der Waals surface area contributed by atoms with Crippen LogP contribution in [0.5, 0.6) is 0 Å². The molecule has 1 heterocycles. The Hall–Kier alpha value is -3.75. The molecule has 0 radical (unpaired) electrons. The van der Waals surface area contributed by atoms with Crippen molar-refractivity contribution in [3.8, 4) is 0 Å². The van der Waals surface area contributed by atoms with Gasteiger partial charge in [0.15, 0.2) is 18.1 Å². The lowest BCUT2D eigenvalue weighted by molar-refractivity contribution is -0.384. The lowest BCUT2D eigenvalue weighted by Gasteiger charge is -2.11. The first-order chi connectivity index (χ1) is 13.8. The minimum Gasteiger partial charge on any atom is -0.456 e. The molecular formula is C20H19N3O6. The summed E-state index contributed by atoms with van der Waals surface area (Å²) in [5.41, 5.74) is 2.58. The van der Waals surface area contributed by atoms with Crippen LogP contribution in [-0.4, -0.2) is 28.4 Å². The minimum atomic E-state index is -0.656. The molecule has 0 fully saturated rings. The number of nitrogens with zero attached hydrogens (tertiary/aromatic N) is 2. The van der Waals surface area contributed by atoms with Gasteiger partial charge in [-0.3, -0.25) is 19.7 Å². The summed E-state index contributed by atoms with van der Waals surface area (Å²) in [5, 5.41) is 13.6. The van der Waals surface area contributed by atoms with Gasteiger partial charge < -0.3 is 14.5 Å². The Morgan fingerprint density at radius 3 is 2.69 bits per heavy atom. The van der Waals surface area contributed by atoms with Crippen LogP contribution in [0.4, 0.5) is 11.4 Å². The number of nitrogens with one attached hydrogen (secondary N) is 1. The van der Waals surface area contributed by atoms with E-state index in [9.17, 15) is 19.7 Å². The maximum absolute atomic E-state index is 12.1. The van der Waals surface area contributed by atoms with E-state index in [0.717, 1.165) is 5.56 Å². The third-order valence-electron chi connectivity index (χ3n) is 4.42. The number of carbonyl (C=O) groups excluding carboxylic acids is 2. The molecule has 150 valence electrons. The van der Waals surface area contributed by atoms with Crippen molar-refractivity contribution >= 4 is 34.4 Å². The molecule has 3 aromatic rings. The quantitative estimate of drug-likeness (QED) is 0.368. The van der Waals surface area contributed by atoms with E-state index in [1.54, 1.807) is 32.0 Å². The predicted molar refractivity (Wildman–Crippen MR) is 104 cm³/mol. The minimum absolute atomic E-state index is 0.0102. The number of nitro benzene ring substituents is 1. The van der Waals surface area contributed by atoms with Crippen LogP contribution >= 0.6 is 0 Å². The Labute approximate surface area is 165 Å². The Kier molecular flexibility index (Phi) is 5.87. The second-order valence-electron chi connectivity index (χ2n) is 6.44. The van der Waals surface area contributed by atoms with Crippen molar-refractivity contribution in [2.24, 2.45) is 0 Å². The van der Waals surface area contributed by atoms with Gasteiger partial charge in [0.05, 0.1) is 11.3 Å². The summed E-state index contributed by atoms with van der Waals surface area (Å²) in [6, 6.07) is 10.2. The van der Waals surface area contributed by atoms with E-state index in [1.807, 2.05) is 12.1 Å². The molecule has 0 unspecified atom stereocenters. The molecule has 29 heavy (non-hydrogen) atoms. The SMILES string of the molecule is Cc1ccc([N+](=O)[O-])c(NC(=O)COC(=O)CCc2nc3ccccc3o2)c1C. The summed E-state index contributed by atoms with van der Waals surface area (Å²) in [6.07, 6.45) is 0.224. The number of anilines is 1. The number of esters is 1. The Balaban J connectivity index is 1.53. The van der Waals surface area contributed by atoms with Gasteiger partial charge in [-0.15, -0.1) is 0 Å². The summed E-state index contributed by atoms with van der Waals surface area (Å²) in [7, 11) is 0. The molecular weight excluding hydrogens is 378 g/mol. The molecule has 1 aromatic heterocycles. The normalized spacial score (nSPS) is 10.7. The van der Waals surface area contributed by atoms with Crippen LogP contribution in [-0.2, 0) is 20.7 Å². The largest absolute Gasteiger partial charge is 0.456 e. The molecule has 0 aliphatic rings. The maximum atomic E-state index is 12.1. The van der Waals surface area contributed by atoms with Gasteiger partial charge in [-0.05, 0) is 37.1 Å². The number of benzene rings is 2. The second kappa shape index (κ2) is 8.51. The van der Waals surface area contributed by atoms with Crippen molar-refractivity contribution in [2.75, 3.05) is 11.9 Å². The molecule has 0 spiro atoms. The highest BCUT2D eigenvalue weighted by Gasteiger charge is 2.20. The van der Waals surface area contributed by atoms with Gasteiger partial charge in [-0.2, -0.15) is 0 Å². The number of aryl methyl sites for hydroxylation is 2. The number of amides is 1. The second-order valence-corrected chi connectivity index (χ2v) is 6.44. The van der Waals surface area contributed by atoms with Gasteiger partial charge in [-0.25, -0.2) is 4.98 Å². The first kappa shape index (κ1) is 20.0. The fourth-order valence-electron chi connectivity index (χ4n) is 2.74. The number of fused-ring (bicyclic) bond motifs is 1. The zero-order valence-corrected chi connectivity index (χ0v) is 15.9. The van der Waals surface area contributed by atoms with Crippen LogP contribution in [0.25, 0.3) is 11.1 Å². The van der Waals surface area contributed by atoms with Crippen LogP contribution in [0.3, 0.4) is 0 Å². The third-order valence-corrected chi connectivity index (χ3v) is 4.42. The van der Waals surface area contributed by atoms with E-state index in [1.165, 1.54) is 6.07 Å². The van der Waals surface area contributed by atoms with E-state index in [-0.39, 0.29) is 24.2 Å². The van der Waals surface area contributed by atoms with Gasteiger partial charge in [-0.1, -0.05) is 18.2 Å². The Bertz CT molecular complexity index is 1060. The molecule has 0 saturated heterocycles. The number of para-hydroxylation sites is 2. The molecule has 0 bridgehead atoms. The molecule has 0 aliphatic heterocycles. The number of oxazole rings is 1. The molecule has 3 rings (SSSR count). The highest BCUT2D eigenvalue weighted by molar-refractivity contribution is 5.96. The number of aromatic nitrogens is 1. The summed E-state index contributed by atoms with van der Waals surface area (Å²) in [4.78, 5) is 38.9. The Morgan fingerprint density at radius 2 is 1.97 bits per heavy atom. The van der Waals surface area contributed by atoms with Crippen LogP contribution in [0.1, 0.15) is 23.4 Å². The average Bonchev–Trinajstić information content (AvgIpc) is 3.11.